The van der Waals surface area contributed by atoms with Crippen LogP contribution in [0.4, 0.5) is 11.4 Å². The van der Waals surface area contributed by atoms with E-state index in [2.05, 4.69) is 10.0 Å². The summed E-state index contributed by atoms with van der Waals surface area (Å²) in [6, 6.07) is 12.3. The molecular weight excluding hydrogens is 372 g/mol. The second-order valence-corrected chi connectivity index (χ2v) is 9.88. The largest absolute Gasteiger partial charge is 0.326 e. The summed E-state index contributed by atoms with van der Waals surface area (Å²) in [4.78, 5) is 12.9. The van der Waals surface area contributed by atoms with Crippen LogP contribution in [-0.4, -0.2) is 14.3 Å². The third-order valence-electron chi connectivity index (χ3n) is 6.09. The van der Waals surface area contributed by atoms with Gasteiger partial charge in [-0.2, -0.15) is 0 Å². The van der Waals surface area contributed by atoms with E-state index in [1.165, 1.54) is 6.42 Å². The predicted molar refractivity (Wildman–Crippen MR) is 111 cm³/mol. The summed E-state index contributed by atoms with van der Waals surface area (Å²) in [6.07, 6.45) is 4.50. The van der Waals surface area contributed by atoms with Crippen LogP contribution in [0.5, 0.6) is 0 Å². The summed E-state index contributed by atoms with van der Waals surface area (Å²) in [7, 11) is -3.75. The highest BCUT2D eigenvalue weighted by Crippen LogP contribution is 2.48. The number of hydrogen-bond acceptors (Lipinski definition) is 3. The molecule has 0 aromatic heterocycles. The fourth-order valence-electron chi connectivity index (χ4n) is 4.69. The van der Waals surface area contributed by atoms with E-state index in [1.807, 2.05) is 19.1 Å². The molecule has 2 bridgehead atoms. The molecule has 2 aromatic carbocycles. The first kappa shape index (κ1) is 19.0. The van der Waals surface area contributed by atoms with Crippen molar-refractivity contribution in [2.24, 2.45) is 17.8 Å². The average Bonchev–Trinajstić information content (AvgIpc) is 3.26. The number of sulfonamides is 1. The zero-order chi connectivity index (χ0) is 19.9. The predicted octanol–water partition coefficient (Wildman–Crippen LogP) is 4.48. The summed E-state index contributed by atoms with van der Waals surface area (Å²) in [5.74, 6) is 1.26. The Morgan fingerprint density at radius 1 is 1.00 bits per heavy atom. The van der Waals surface area contributed by atoms with Crippen molar-refractivity contribution in [3.63, 3.8) is 0 Å². The van der Waals surface area contributed by atoms with Crippen LogP contribution in [0, 0.1) is 31.6 Å². The van der Waals surface area contributed by atoms with Gasteiger partial charge in [-0.05, 0) is 80.3 Å². The highest BCUT2D eigenvalue weighted by Gasteiger charge is 2.43. The first-order chi connectivity index (χ1) is 13.3. The molecule has 2 aromatic rings. The average molecular weight is 399 g/mol. The summed E-state index contributed by atoms with van der Waals surface area (Å²) < 4.78 is 28.4. The van der Waals surface area contributed by atoms with Gasteiger partial charge in [-0.1, -0.05) is 24.6 Å². The quantitative estimate of drug-likeness (QED) is 0.780. The van der Waals surface area contributed by atoms with E-state index in [4.69, 9.17) is 0 Å². The number of fused-ring (bicyclic) bond motifs is 2. The van der Waals surface area contributed by atoms with Crippen LogP contribution in [0.15, 0.2) is 47.4 Å². The Morgan fingerprint density at radius 3 is 2.50 bits per heavy atom. The smallest absolute Gasteiger partial charge is 0.262 e. The Kier molecular flexibility index (Phi) is 4.91. The molecule has 5 nitrogen and oxygen atoms in total. The molecule has 0 aliphatic heterocycles. The number of aryl methyl sites for hydroxylation is 2. The Bertz CT molecular complexity index is 1020. The molecule has 148 valence electrons. The second-order valence-electron chi connectivity index (χ2n) is 8.23. The molecule has 3 atom stereocenters. The molecule has 28 heavy (non-hydrogen) atoms. The van der Waals surface area contributed by atoms with Crippen LogP contribution < -0.4 is 10.0 Å². The molecule has 2 aliphatic carbocycles. The minimum absolute atomic E-state index is 0.0195. The third kappa shape index (κ3) is 3.78. The lowest BCUT2D eigenvalue weighted by atomic mass is 9.88. The monoisotopic (exact) mass is 398 g/mol. The fourth-order valence-corrected chi connectivity index (χ4v) is 6.01. The van der Waals surface area contributed by atoms with Gasteiger partial charge < -0.3 is 5.32 Å². The maximum absolute atomic E-state index is 12.9. The molecule has 4 rings (SSSR count). The van der Waals surface area contributed by atoms with Crippen molar-refractivity contribution < 1.29 is 13.2 Å². The van der Waals surface area contributed by atoms with Gasteiger partial charge in [0.25, 0.3) is 10.0 Å². The van der Waals surface area contributed by atoms with Gasteiger partial charge in [-0.3, -0.25) is 9.52 Å². The maximum Gasteiger partial charge on any atom is 0.262 e. The van der Waals surface area contributed by atoms with E-state index in [0.717, 1.165) is 24.8 Å². The SMILES string of the molecule is Cc1cccc(NS(=O)(=O)c2cc(NC(=O)[C@@H]3C[C@H]4CC[C@H]3C4)ccc2C)c1. The molecule has 0 radical (unpaired) electrons. The van der Waals surface area contributed by atoms with Crippen LogP contribution in [0.3, 0.4) is 0 Å². The molecule has 2 N–H and O–H groups in total. The van der Waals surface area contributed by atoms with Crippen molar-refractivity contribution in [1.29, 1.82) is 0 Å². The zero-order valence-corrected chi connectivity index (χ0v) is 17.1. The van der Waals surface area contributed by atoms with Crippen LogP contribution in [-0.2, 0) is 14.8 Å². The number of hydrogen-bond donors (Lipinski definition) is 2. The second kappa shape index (κ2) is 7.24. The molecule has 0 unspecified atom stereocenters. The van der Waals surface area contributed by atoms with Crippen LogP contribution in [0.2, 0.25) is 0 Å². The number of amides is 1. The van der Waals surface area contributed by atoms with Crippen molar-refractivity contribution in [2.45, 2.75) is 44.4 Å². The van der Waals surface area contributed by atoms with Gasteiger partial charge in [-0.25, -0.2) is 8.42 Å². The summed E-state index contributed by atoms with van der Waals surface area (Å²) in [5, 5.41) is 2.95. The highest BCUT2D eigenvalue weighted by atomic mass is 32.2. The first-order valence-corrected chi connectivity index (χ1v) is 11.3. The minimum atomic E-state index is -3.75. The molecule has 0 spiro atoms. The Labute approximate surface area is 166 Å². The lowest BCUT2D eigenvalue weighted by molar-refractivity contribution is -0.121. The van der Waals surface area contributed by atoms with Crippen LogP contribution in [0.25, 0.3) is 0 Å². The van der Waals surface area contributed by atoms with Crippen LogP contribution in [0.1, 0.15) is 36.8 Å². The van der Waals surface area contributed by atoms with E-state index in [0.29, 0.717) is 28.8 Å². The Hall–Kier alpha value is -2.34. The van der Waals surface area contributed by atoms with E-state index < -0.39 is 10.0 Å². The molecule has 6 heteroatoms. The Balaban J connectivity index is 1.54. The van der Waals surface area contributed by atoms with Gasteiger partial charge in [0.2, 0.25) is 5.91 Å². The van der Waals surface area contributed by atoms with E-state index >= 15 is 0 Å². The van der Waals surface area contributed by atoms with Gasteiger partial charge in [0.1, 0.15) is 0 Å². The molecule has 0 saturated heterocycles. The fraction of sp³-hybridized carbons (Fsp3) is 0.409. The molecule has 2 aliphatic rings. The molecule has 0 heterocycles. The first-order valence-electron chi connectivity index (χ1n) is 9.83. The topological polar surface area (TPSA) is 75.3 Å². The third-order valence-corrected chi connectivity index (χ3v) is 7.61. The van der Waals surface area contributed by atoms with Gasteiger partial charge in [0.15, 0.2) is 0 Å². The number of anilines is 2. The molecule has 2 fully saturated rings. The number of carbonyl (C=O) groups excluding carboxylic acids is 1. The van der Waals surface area contributed by atoms with Gasteiger partial charge in [0, 0.05) is 17.3 Å². The van der Waals surface area contributed by atoms with Gasteiger partial charge in [0.05, 0.1) is 4.90 Å². The van der Waals surface area contributed by atoms with Gasteiger partial charge >= 0.3 is 0 Å². The van der Waals surface area contributed by atoms with E-state index in [-0.39, 0.29) is 16.7 Å². The summed E-state index contributed by atoms with van der Waals surface area (Å²) in [6.45, 7) is 3.67. The number of rotatable bonds is 5. The normalized spacial score (nSPS) is 23.6. The molecule has 1 amide bonds. The number of benzene rings is 2. The van der Waals surface area contributed by atoms with Crippen molar-refractivity contribution in [1.82, 2.24) is 0 Å². The maximum atomic E-state index is 12.9. The summed E-state index contributed by atoms with van der Waals surface area (Å²) in [5.41, 5.74) is 2.67. The highest BCUT2D eigenvalue weighted by molar-refractivity contribution is 7.92. The minimum Gasteiger partial charge on any atom is -0.326 e. The van der Waals surface area contributed by atoms with E-state index in [1.54, 1.807) is 37.3 Å². The van der Waals surface area contributed by atoms with Gasteiger partial charge in [-0.15, -0.1) is 0 Å². The van der Waals surface area contributed by atoms with Crippen LogP contribution >= 0.6 is 0 Å². The van der Waals surface area contributed by atoms with E-state index in [9.17, 15) is 13.2 Å². The van der Waals surface area contributed by atoms with Crippen molar-refractivity contribution in [3.8, 4) is 0 Å². The summed E-state index contributed by atoms with van der Waals surface area (Å²) >= 11 is 0. The standard InChI is InChI=1S/C22H26N2O3S/c1-14-4-3-5-19(10-14)24-28(26,27)21-13-18(9-6-15(21)2)23-22(25)20-12-16-7-8-17(20)11-16/h3-6,9-10,13,16-17,20,24H,7-8,11-12H2,1-2H3,(H,23,25)/t16-,17-,20+/m0/s1. The number of nitrogens with one attached hydrogen (secondary N) is 2. The lowest BCUT2D eigenvalue weighted by Crippen LogP contribution is -2.27. The molecule has 2 saturated carbocycles. The number of carbonyl (C=O) groups is 1. The van der Waals surface area contributed by atoms with Crippen molar-refractivity contribution in [3.05, 3.63) is 53.6 Å². The zero-order valence-electron chi connectivity index (χ0n) is 16.2. The molecular formula is C22H26N2O3S. The lowest BCUT2D eigenvalue weighted by Gasteiger charge is -2.21. The van der Waals surface area contributed by atoms with Crippen molar-refractivity contribution >= 4 is 27.3 Å². The Morgan fingerprint density at radius 2 is 1.82 bits per heavy atom. The van der Waals surface area contributed by atoms with Crippen molar-refractivity contribution in [2.75, 3.05) is 10.0 Å².